The third-order valence-electron chi connectivity index (χ3n) is 5.00. The molecular weight excluding hydrogens is 374 g/mol. The summed E-state index contributed by atoms with van der Waals surface area (Å²) in [7, 11) is 0. The predicted molar refractivity (Wildman–Crippen MR) is 107 cm³/mol. The van der Waals surface area contributed by atoms with Crippen molar-refractivity contribution >= 4 is 5.78 Å². The summed E-state index contributed by atoms with van der Waals surface area (Å²) in [6.45, 7) is 1.71. The summed E-state index contributed by atoms with van der Waals surface area (Å²) in [5.41, 5.74) is 1.79. The van der Waals surface area contributed by atoms with Gasteiger partial charge in [-0.2, -0.15) is 0 Å². The van der Waals surface area contributed by atoms with Gasteiger partial charge in [0, 0.05) is 23.6 Å². The second-order valence-corrected chi connectivity index (χ2v) is 7.15. The summed E-state index contributed by atoms with van der Waals surface area (Å²) in [6, 6.07) is 18.5. The number of aliphatic hydroxyl groups excluding tert-OH is 2. The normalized spacial score (nSPS) is 14.2. The zero-order valence-electron chi connectivity index (χ0n) is 15.9. The topological polar surface area (TPSA) is 57.5 Å². The molecule has 150 valence electrons. The lowest BCUT2D eigenvalue weighted by molar-refractivity contribution is -0.0147. The van der Waals surface area contributed by atoms with Crippen LogP contribution in [-0.4, -0.2) is 22.1 Å². The molecule has 3 atom stereocenters. The van der Waals surface area contributed by atoms with Gasteiger partial charge in [0.15, 0.2) is 5.78 Å². The minimum absolute atomic E-state index is 0.0509. The minimum Gasteiger partial charge on any atom is -0.390 e. The molecule has 5 heteroatoms. The third-order valence-corrected chi connectivity index (χ3v) is 5.00. The van der Waals surface area contributed by atoms with E-state index in [4.69, 9.17) is 0 Å². The second kappa shape index (κ2) is 9.07. The summed E-state index contributed by atoms with van der Waals surface area (Å²) >= 11 is 0. The molecule has 0 radical (unpaired) electrons. The zero-order chi connectivity index (χ0) is 21.0. The van der Waals surface area contributed by atoms with E-state index < -0.39 is 29.8 Å². The smallest absolute Gasteiger partial charge is 0.163 e. The van der Waals surface area contributed by atoms with Gasteiger partial charge in [-0.1, -0.05) is 61.5 Å². The number of benzene rings is 3. The van der Waals surface area contributed by atoms with Crippen molar-refractivity contribution in [2.45, 2.75) is 25.6 Å². The van der Waals surface area contributed by atoms with E-state index in [9.17, 15) is 23.8 Å². The van der Waals surface area contributed by atoms with Crippen LogP contribution in [0.25, 0.3) is 11.1 Å². The molecule has 29 heavy (non-hydrogen) atoms. The van der Waals surface area contributed by atoms with Crippen molar-refractivity contribution < 1.29 is 23.8 Å². The molecule has 0 heterocycles. The fraction of sp³-hybridized carbons (Fsp3) is 0.208. The Bertz CT molecular complexity index is 971. The van der Waals surface area contributed by atoms with Gasteiger partial charge < -0.3 is 10.2 Å². The number of hydrogen-bond donors (Lipinski definition) is 2. The van der Waals surface area contributed by atoms with E-state index in [1.165, 1.54) is 12.1 Å². The molecule has 2 N–H and O–H groups in total. The average Bonchev–Trinajstić information content (AvgIpc) is 2.73. The van der Waals surface area contributed by atoms with Gasteiger partial charge in [-0.3, -0.25) is 4.79 Å². The summed E-state index contributed by atoms with van der Waals surface area (Å²) in [5, 5.41) is 20.7. The van der Waals surface area contributed by atoms with Gasteiger partial charge >= 0.3 is 0 Å². The fourth-order valence-electron chi connectivity index (χ4n) is 3.25. The van der Waals surface area contributed by atoms with Crippen molar-refractivity contribution in [3.05, 3.63) is 95.6 Å². The van der Waals surface area contributed by atoms with Crippen molar-refractivity contribution in [1.29, 1.82) is 0 Å². The number of aliphatic hydroxyl groups is 2. The Kier molecular flexibility index (Phi) is 6.52. The first-order valence-corrected chi connectivity index (χ1v) is 9.36. The van der Waals surface area contributed by atoms with Crippen LogP contribution in [0.5, 0.6) is 0 Å². The van der Waals surface area contributed by atoms with Gasteiger partial charge in [-0.25, -0.2) is 8.78 Å². The fourth-order valence-corrected chi connectivity index (χ4v) is 3.25. The first-order valence-electron chi connectivity index (χ1n) is 9.36. The first kappa shape index (κ1) is 20.8. The molecule has 3 aromatic carbocycles. The number of halogens is 2. The van der Waals surface area contributed by atoms with Gasteiger partial charge in [0.05, 0.1) is 6.10 Å². The molecule has 3 nitrogen and oxygen atoms in total. The lowest BCUT2D eigenvalue weighted by atomic mass is 9.89. The molecule has 0 bridgehead atoms. The molecule has 0 aliphatic carbocycles. The van der Waals surface area contributed by atoms with Crippen LogP contribution >= 0.6 is 0 Å². The number of carbonyl (C=O) groups excluding carboxylic acids is 1. The van der Waals surface area contributed by atoms with Crippen LogP contribution in [-0.2, 0) is 0 Å². The van der Waals surface area contributed by atoms with E-state index in [1.807, 2.05) is 6.07 Å². The van der Waals surface area contributed by atoms with Crippen LogP contribution in [0.4, 0.5) is 8.78 Å². The summed E-state index contributed by atoms with van der Waals surface area (Å²) < 4.78 is 27.0. The average molecular weight is 396 g/mol. The van der Waals surface area contributed by atoms with Crippen LogP contribution < -0.4 is 0 Å². The maximum absolute atomic E-state index is 13.9. The molecule has 0 amide bonds. The van der Waals surface area contributed by atoms with E-state index in [0.717, 1.165) is 6.07 Å². The number of hydrogen-bond acceptors (Lipinski definition) is 3. The van der Waals surface area contributed by atoms with E-state index in [2.05, 4.69) is 0 Å². The molecule has 3 rings (SSSR count). The number of Topliss-reactive ketones (excluding diaryl/α,β-unsaturated/α-hetero) is 1. The number of carbonyl (C=O) groups is 1. The van der Waals surface area contributed by atoms with Crippen LogP contribution in [0, 0.1) is 17.6 Å². The Hall–Kier alpha value is -2.89. The van der Waals surface area contributed by atoms with Gasteiger partial charge in [0.2, 0.25) is 0 Å². The standard InChI is InChI=1S/C24H22F2O3/c1-15(23(28)24(29)18-5-3-2-4-6-18)13-22(27)17-9-7-16(8-10-17)20-12-11-19(25)14-21(20)26/h2-12,14-15,23-24,28-29H,13H2,1H3/t15-,23+,24+/m0/s1. The van der Waals surface area contributed by atoms with E-state index in [0.29, 0.717) is 16.7 Å². The quantitative estimate of drug-likeness (QED) is 0.557. The Labute approximate surface area is 168 Å². The van der Waals surface area contributed by atoms with E-state index >= 15 is 0 Å². The van der Waals surface area contributed by atoms with Gasteiger partial charge in [0.25, 0.3) is 0 Å². The maximum atomic E-state index is 13.9. The lowest BCUT2D eigenvalue weighted by Crippen LogP contribution is -2.27. The Morgan fingerprint density at radius 1 is 0.931 bits per heavy atom. The molecular formula is C24H22F2O3. The third kappa shape index (κ3) is 4.94. The largest absolute Gasteiger partial charge is 0.390 e. The number of ketones is 1. The Balaban J connectivity index is 1.67. The van der Waals surface area contributed by atoms with Gasteiger partial charge in [-0.15, -0.1) is 0 Å². The molecule has 0 fully saturated rings. The predicted octanol–water partition coefficient (Wildman–Crippen LogP) is 4.94. The maximum Gasteiger partial charge on any atom is 0.163 e. The Morgan fingerprint density at radius 3 is 2.21 bits per heavy atom. The van der Waals surface area contributed by atoms with Crippen LogP contribution in [0.2, 0.25) is 0 Å². The zero-order valence-corrected chi connectivity index (χ0v) is 15.9. The minimum atomic E-state index is -1.09. The molecule has 0 saturated heterocycles. The molecule has 0 spiro atoms. The first-order chi connectivity index (χ1) is 13.9. The van der Waals surface area contributed by atoms with Gasteiger partial charge in [0.1, 0.15) is 17.7 Å². The highest BCUT2D eigenvalue weighted by Gasteiger charge is 2.26. The number of rotatable bonds is 7. The Morgan fingerprint density at radius 2 is 1.59 bits per heavy atom. The van der Waals surface area contributed by atoms with E-state index in [1.54, 1.807) is 55.5 Å². The van der Waals surface area contributed by atoms with Crippen LogP contribution in [0.3, 0.4) is 0 Å². The SMILES string of the molecule is C[C@@H](CC(=O)c1ccc(-c2ccc(F)cc2F)cc1)[C@@H](O)[C@H](O)c1ccccc1. The van der Waals surface area contributed by atoms with Crippen molar-refractivity contribution in [2.75, 3.05) is 0 Å². The summed E-state index contributed by atoms with van der Waals surface area (Å²) in [4.78, 5) is 12.6. The monoisotopic (exact) mass is 396 g/mol. The van der Waals surface area contributed by atoms with E-state index in [-0.39, 0.29) is 17.8 Å². The molecule has 0 aliphatic heterocycles. The highest BCUT2D eigenvalue weighted by Crippen LogP contribution is 2.27. The van der Waals surface area contributed by atoms with Gasteiger partial charge in [-0.05, 0) is 29.2 Å². The van der Waals surface area contributed by atoms with Crippen molar-refractivity contribution in [2.24, 2.45) is 5.92 Å². The molecule has 0 saturated carbocycles. The van der Waals surface area contributed by atoms with Crippen LogP contribution in [0.1, 0.15) is 35.4 Å². The van der Waals surface area contributed by atoms with Crippen LogP contribution in [0.15, 0.2) is 72.8 Å². The summed E-state index contributed by atoms with van der Waals surface area (Å²) in [5.74, 6) is -1.98. The van der Waals surface area contributed by atoms with Crippen molar-refractivity contribution in [1.82, 2.24) is 0 Å². The highest BCUT2D eigenvalue weighted by atomic mass is 19.1. The molecule has 0 aromatic heterocycles. The molecule has 0 unspecified atom stereocenters. The van der Waals surface area contributed by atoms with Crippen molar-refractivity contribution in [3.63, 3.8) is 0 Å². The highest BCUT2D eigenvalue weighted by molar-refractivity contribution is 5.96. The van der Waals surface area contributed by atoms with Crippen molar-refractivity contribution in [3.8, 4) is 11.1 Å². The summed E-state index contributed by atoms with van der Waals surface area (Å²) in [6.07, 6.45) is -2.12. The molecule has 3 aromatic rings. The lowest BCUT2D eigenvalue weighted by Gasteiger charge is -2.23. The second-order valence-electron chi connectivity index (χ2n) is 7.15. The molecule has 0 aliphatic rings.